The van der Waals surface area contributed by atoms with Gasteiger partial charge >= 0.3 is 0 Å². The van der Waals surface area contributed by atoms with Crippen molar-refractivity contribution in [2.45, 2.75) is 6.10 Å². The zero-order valence-corrected chi connectivity index (χ0v) is 18.4. The van der Waals surface area contributed by atoms with Gasteiger partial charge in [-0.3, -0.25) is 4.79 Å². The fourth-order valence-corrected chi connectivity index (χ4v) is 4.10. The first-order valence-corrected chi connectivity index (χ1v) is 11.0. The molecule has 0 spiro atoms. The van der Waals surface area contributed by atoms with Crippen LogP contribution in [0, 0.1) is 0 Å². The lowest BCUT2D eigenvalue weighted by atomic mass is 10.0. The third kappa shape index (κ3) is 4.38. The lowest BCUT2D eigenvalue weighted by Gasteiger charge is -2.33. The summed E-state index contributed by atoms with van der Waals surface area (Å²) >= 11 is 0. The van der Waals surface area contributed by atoms with Crippen molar-refractivity contribution in [3.8, 4) is 22.7 Å². The second-order valence-electron chi connectivity index (χ2n) is 7.92. The van der Waals surface area contributed by atoms with Crippen molar-refractivity contribution in [1.82, 2.24) is 14.7 Å². The molecule has 2 heterocycles. The van der Waals surface area contributed by atoms with Gasteiger partial charge in [-0.05, 0) is 29.8 Å². The van der Waals surface area contributed by atoms with Crippen molar-refractivity contribution >= 4 is 5.91 Å². The average Bonchev–Trinajstić information content (AvgIpc) is 3.35. The molecule has 4 aromatic rings. The molecule has 1 aliphatic rings. The third-order valence-electron chi connectivity index (χ3n) is 5.83. The van der Waals surface area contributed by atoms with E-state index in [0.717, 1.165) is 22.6 Å². The molecular weight excluding hydrogens is 414 g/mol. The first-order valence-electron chi connectivity index (χ1n) is 11.0. The van der Waals surface area contributed by atoms with Crippen molar-refractivity contribution in [3.63, 3.8) is 0 Å². The van der Waals surface area contributed by atoms with Gasteiger partial charge in [0, 0.05) is 18.3 Å². The number of rotatable bonds is 5. The molecule has 0 radical (unpaired) electrons. The van der Waals surface area contributed by atoms with Crippen LogP contribution in [0.5, 0.6) is 5.75 Å². The average molecular weight is 440 g/mol. The number of methoxy groups -OCH3 is 1. The third-order valence-corrected chi connectivity index (χ3v) is 5.83. The summed E-state index contributed by atoms with van der Waals surface area (Å²) in [6.45, 7) is 1.53. The standard InChI is InChI=1S/C27H25N3O3/c1-32-23-14-8-11-21(17-23)26-24(18-30(28-26)22-12-6-3-7-13-22)27(31)29-15-16-33-25(19-29)20-9-4-2-5-10-20/h2-14,17-18,25H,15-16,19H2,1H3/t25-/m1/s1. The van der Waals surface area contributed by atoms with Gasteiger partial charge in [0.2, 0.25) is 0 Å². The Balaban J connectivity index is 1.52. The van der Waals surface area contributed by atoms with E-state index in [1.807, 2.05) is 96.0 Å². The van der Waals surface area contributed by atoms with Gasteiger partial charge in [0.05, 0.1) is 31.5 Å². The molecule has 0 N–H and O–H groups in total. The number of para-hydroxylation sites is 1. The fraction of sp³-hybridized carbons (Fsp3) is 0.185. The van der Waals surface area contributed by atoms with Crippen molar-refractivity contribution in [1.29, 1.82) is 0 Å². The van der Waals surface area contributed by atoms with E-state index in [1.54, 1.807) is 11.8 Å². The van der Waals surface area contributed by atoms with Crippen LogP contribution in [-0.4, -0.2) is 47.4 Å². The maximum atomic E-state index is 13.8. The van der Waals surface area contributed by atoms with Crippen molar-refractivity contribution < 1.29 is 14.3 Å². The summed E-state index contributed by atoms with van der Waals surface area (Å²) in [5, 5.41) is 4.80. The first-order chi connectivity index (χ1) is 16.2. The van der Waals surface area contributed by atoms with Gasteiger partial charge in [-0.2, -0.15) is 5.10 Å². The Bertz CT molecular complexity index is 1240. The first kappa shape index (κ1) is 21.0. The van der Waals surface area contributed by atoms with Crippen molar-refractivity contribution in [3.05, 3.63) is 102 Å². The molecule has 3 aromatic carbocycles. The summed E-state index contributed by atoms with van der Waals surface area (Å²) in [6.07, 6.45) is 1.67. The molecule has 1 saturated heterocycles. The number of amides is 1. The molecule has 1 amide bonds. The Kier molecular flexibility index (Phi) is 5.91. The Morgan fingerprint density at radius 2 is 1.76 bits per heavy atom. The Morgan fingerprint density at radius 3 is 2.52 bits per heavy atom. The summed E-state index contributed by atoms with van der Waals surface area (Å²) in [5.74, 6) is 0.662. The van der Waals surface area contributed by atoms with Crippen LogP contribution in [0.15, 0.2) is 91.1 Å². The zero-order chi connectivity index (χ0) is 22.6. The number of hydrogen-bond donors (Lipinski definition) is 0. The molecule has 166 valence electrons. The molecule has 1 fully saturated rings. The molecule has 33 heavy (non-hydrogen) atoms. The molecule has 6 heteroatoms. The topological polar surface area (TPSA) is 56.6 Å². The van der Waals surface area contributed by atoms with Gasteiger partial charge < -0.3 is 14.4 Å². The highest BCUT2D eigenvalue weighted by molar-refractivity contribution is 6.00. The second-order valence-corrected chi connectivity index (χ2v) is 7.92. The summed E-state index contributed by atoms with van der Waals surface area (Å²) in [5.41, 5.74) is 3.99. The summed E-state index contributed by atoms with van der Waals surface area (Å²) < 4.78 is 13.1. The quantitative estimate of drug-likeness (QED) is 0.450. The van der Waals surface area contributed by atoms with E-state index in [-0.39, 0.29) is 12.0 Å². The lowest BCUT2D eigenvalue weighted by molar-refractivity contribution is -0.0228. The molecule has 6 nitrogen and oxygen atoms in total. The minimum absolute atomic E-state index is 0.0563. The van der Waals surface area contributed by atoms with Gasteiger partial charge in [-0.25, -0.2) is 4.68 Å². The van der Waals surface area contributed by atoms with Crippen molar-refractivity contribution in [2.24, 2.45) is 0 Å². The highest BCUT2D eigenvalue weighted by Crippen LogP contribution is 2.29. The Hall–Kier alpha value is -3.90. The predicted molar refractivity (Wildman–Crippen MR) is 127 cm³/mol. The number of nitrogens with zero attached hydrogens (tertiary/aromatic N) is 3. The van der Waals surface area contributed by atoms with Crippen LogP contribution >= 0.6 is 0 Å². The van der Waals surface area contributed by atoms with Crippen LogP contribution in [0.3, 0.4) is 0 Å². The SMILES string of the molecule is COc1cccc(-c2nn(-c3ccccc3)cc2C(=O)N2CCO[C@@H](c3ccccc3)C2)c1. The molecule has 1 atom stereocenters. The number of ether oxygens (including phenoxy) is 2. The van der Waals surface area contributed by atoms with Crippen LogP contribution in [0.25, 0.3) is 16.9 Å². The van der Waals surface area contributed by atoms with E-state index in [4.69, 9.17) is 14.6 Å². The fourth-order valence-electron chi connectivity index (χ4n) is 4.10. The summed E-state index contributed by atoms with van der Waals surface area (Å²) in [7, 11) is 1.63. The zero-order valence-electron chi connectivity index (χ0n) is 18.4. The summed E-state index contributed by atoms with van der Waals surface area (Å²) in [6, 6.07) is 27.5. The van der Waals surface area contributed by atoms with Crippen LogP contribution in [-0.2, 0) is 4.74 Å². The van der Waals surface area contributed by atoms with E-state index < -0.39 is 0 Å². The number of carbonyl (C=O) groups is 1. The van der Waals surface area contributed by atoms with Gasteiger partial charge in [0.1, 0.15) is 17.5 Å². The van der Waals surface area contributed by atoms with E-state index >= 15 is 0 Å². The highest BCUT2D eigenvalue weighted by atomic mass is 16.5. The highest BCUT2D eigenvalue weighted by Gasteiger charge is 2.29. The van der Waals surface area contributed by atoms with Gasteiger partial charge in [-0.1, -0.05) is 60.7 Å². The lowest BCUT2D eigenvalue weighted by Crippen LogP contribution is -2.42. The maximum Gasteiger partial charge on any atom is 0.257 e. The maximum absolute atomic E-state index is 13.8. The number of carbonyl (C=O) groups excluding carboxylic acids is 1. The predicted octanol–water partition coefficient (Wildman–Crippen LogP) is 4.76. The molecule has 0 bridgehead atoms. The van der Waals surface area contributed by atoms with Crippen molar-refractivity contribution in [2.75, 3.05) is 26.8 Å². The minimum atomic E-state index is -0.145. The second kappa shape index (κ2) is 9.30. The molecular formula is C27H25N3O3. The molecule has 0 saturated carbocycles. The van der Waals surface area contributed by atoms with Crippen LogP contribution in [0.1, 0.15) is 22.0 Å². The molecule has 1 aromatic heterocycles. The molecule has 5 rings (SSSR count). The Morgan fingerprint density at radius 1 is 1.00 bits per heavy atom. The Labute approximate surface area is 193 Å². The van der Waals surface area contributed by atoms with Crippen LogP contribution in [0.4, 0.5) is 0 Å². The van der Waals surface area contributed by atoms with E-state index in [0.29, 0.717) is 31.0 Å². The molecule has 1 aliphatic heterocycles. The summed E-state index contributed by atoms with van der Waals surface area (Å²) in [4.78, 5) is 15.6. The largest absolute Gasteiger partial charge is 0.497 e. The van der Waals surface area contributed by atoms with E-state index in [1.165, 1.54) is 0 Å². The van der Waals surface area contributed by atoms with E-state index in [9.17, 15) is 4.79 Å². The number of hydrogen-bond acceptors (Lipinski definition) is 4. The van der Waals surface area contributed by atoms with Gasteiger partial charge in [0.15, 0.2) is 0 Å². The minimum Gasteiger partial charge on any atom is -0.497 e. The molecule has 0 aliphatic carbocycles. The number of morpholine rings is 1. The van der Waals surface area contributed by atoms with Gasteiger partial charge in [0.25, 0.3) is 5.91 Å². The van der Waals surface area contributed by atoms with Gasteiger partial charge in [-0.15, -0.1) is 0 Å². The van der Waals surface area contributed by atoms with Crippen LogP contribution < -0.4 is 4.74 Å². The normalized spacial score (nSPS) is 15.9. The van der Waals surface area contributed by atoms with Crippen LogP contribution in [0.2, 0.25) is 0 Å². The molecule has 0 unspecified atom stereocenters. The monoisotopic (exact) mass is 439 g/mol. The smallest absolute Gasteiger partial charge is 0.257 e. The number of aromatic nitrogens is 2. The number of benzene rings is 3. The van der Waals surface area contributed by atoms with E-state index in [2.05, 4.69) is 0 Å².